The van der Waals surface area contributed by atoms with E-state index in [1.54, 1.807) is 0 Å². The number of rotatable bonds is 4. The summed E-state index contributed by atoms with van der Waals surface area (Å²) in [6.07, 6.45) is 0.0560. The molecule has 0 rings (SSSR count). The Balaban J connectivity index is 3.17. The van der Waals surface area contributed by atoms with E-state index >= 15 is 0 Å². The Labute approximate surface area is 54.6 Å². The number of ketones is 1. The van der Waals surface area contributed by atoms with E-state index in [9.17, 15) is 4.79 Å². The van der Waals surface area contributed by atoms with Gasteiger partial charge in [0.1, 0.15) is 13.2 Å². The molecule has 0 atom stereocenters. The van der Waals surface area contributed by atoms with E-state index in [0.29, 0.717) is 0 Å². The Morgan fingerprint density at radius 2 is 2.22 bits per heavy atom. The van der Waals surface area contributed by atoms with Crippen molar-refractivity contribution in [1.29, 1.82) is 0 Å². The molecule has 0 aromatic rings. The first-order valence-corrected chi connectivity index (χ1v) is 2.91. The molecule has 0 fully saturated rings. The summed E-state index contributed by atoms with van der Waals surface area (Å²) in [4.78, 5) is 10.3. The first kappa shape index (κ1) is 8.59. The van der Waals surface area contributed by atoms with Crippen LogP contribution in [0.2, 0.25) is 0 Å². The van der Waals surface area contributed by atoms with E-state index in [-0.39, 0.29) is 18.5 Å². The summed E-state index contributed by atoms with van der Waals surface area (Å²) in [5, 5.41) is 8.22. The molecule has 0 amide bonds. The summed E-state index contributed by atoms with van der Waals surface area (Å²) < 4.78 is 4.88. The van der Waals surface area contributed by atoms with Crippen molar-refractivity contribution in [2.75, 3.05) is 13.2 Å². The first-order valence-electron chi connectivity index (χ1n) is 2.91. The van der Waals surface area contributed by atoms with E-state index < -0.39 is 6.61 Å². The van der Waals surface area contributed by atoms with Gasteiger partial charge in [-0.1, -0.05) is 0 Å². The van der Waals surface area contributed by atoms with Gasteiger partial charge < -0.3 is 9.84 Å². The Bertz CT molecular complexity index is 88.3. The topological polar surface area (TPSA) is 46.5 Å². The van der Waals surface area contributed by atoms with Crippen LogP contribution in [0, 0.1) is 0 Å². The smallest absolute Gasteiger partial charge is 0.183 e. The molecule has 0 saturated heterocycles. The van der Waals surface area contributed by atoms with Crippen LogP contribution in [0.15, 0.2) is 0 Å². The second-order valence-electron chi connectivity index (χ2n) is 2.06. The maximum absolute atomic E-state index is 10.3. The van der Waals surface area contributed by atoms with Gasteiger partial charge in [-0.2, -0.15) is 0 Å². The Morgan fingerprint density at radius 3 is 2.56 bits per heavy atom. The molecule has 0 saturated carbocycles. The minimum atomic E-state index is -0.424. The molecular weight excluding hydrogens is 120 g/mol. The lowest BCUT2D eigenvalue weighted by atomic mass is 10.4. The quantitative estimate of drug-likeness (QED) is 0.584. The molecular formula is C6H12O3. The second kappa shape index (κ2) is 4.47. The molecule has 0 spiro atoms. The number of hydrogen-bond acceptors (Lipinski definition) is 3. The highest BCUT2D eigenvalue weighted by molar-refractivity contribution is 5.80. The van der Waals surface area contributed by atoms with Crippen LogP contribution >= 0.6 is 0 Å². The lowest BCUT2D eigenvalue weighted by molar-refractivity contribution is -0.127. The van der Waals surface area contributed by atoms with Crippen LogP contribution in [0.25, 0.3) is 0 Å². The summed E-state index contributed by atoms with van der Waals surface area (Å²) in [7, 11) is 0. The van der Waals surface area contributed by atoms with Gasteiger partial charge in [0.25, 0.3) is 0 Å². The predicted molar refractivity (Wildman–Crippen MR) is 33.2 cm³/mol. The van der Waals surface area contributed by atoms with Crippen molar-refractivity contribution in [1.82, 2.24) is 0 Å². The first-order chi connectivity index (χ1) is 4.16. The summed E-state index contributed by atoms with van der Waals surface area (Å²) in [6, 6.07) is 0. The Hall–Kier alpha value is -0.410. The standard InChI is InChI=1S/C6H12O3/c1-5(2)9-4-6(8)3-7/h5,7H,3-4H2,1-2H3. The van der Waals surface area contributed by atoms with Gasteiger partial charge in [-0.25, -0.2) is 0 Å². The molecule has 3 heteroatoms. The molecule has 0 aromatic heterocycles. The highest BCUT2D eigenvalue weighted by Gasteiger charge is 1.99. The van der Waals surface area contributed by atoms with Gasteiger partial charge in [-0.3, -0.25) is 4.79 Å². The molecule has 3 nitrogen and oxygen atoms in total. The lowest BCUT2D eigenvalue weighted by Crippen LogP contribution is -2.15. The van der Waals surface area contributed by atoms with Crippen LogP contribution in [0.1, 0.15) is 13.8 Å². The highest BCUT2D eigenvalue weighted by Crippen LogP contribution is 1.86. The van der Waals surface area contributed by atoms with Crippen LogP contribution in [0.5, 0.6) is 0 Å². The van der Waals surface area contributed by atoms with Crippen molar-refractivity contribution in [3.8, 4) is 0 Å². The molecule has 0 aliphatic rings. The monoisotopic (exact) mass is 132 g/mol. The fourth-order valence-corrected chi connectivity index (χ4v) is 0.305. The molecule has 0 heterocycles. The minimum absolute atomic E-state index is 0.0220. The minimum Gasteiger partial charge on any atom is -0.388 e. The van der Waals surface area contributed by atoms with Crippen molar-refractivity contribution in [3.63, 3.8) is 0 Å². The van der Waals surface area contributed by atoms with Crippen molar-refractivity contribution >= 4 is 5.78 Å². The van der Waals surface area contributed by atoms with Gasteiger partial charge in [0, 0.05) is 0 Å². The third-order valence-corrected chi connectivity index (χ3v) is 0.754. The maximum Gasteiger partial charge on any atom is 0.183 e. The molecule has 9 heavy (non-hydrogen) atoms. The third kappa shape index (κ3) is 5.46. The van der Waals surface area contributed by atoms with Crippen LogP contribution in [-0.4, -0.2) is 30.2 Å². The van der Waals surface area contributed by atoms with Gasteiger partial charge in [0.05, 0.1) is 6.10 Å². The molecule has 0 radical (unpaired) electrons. The Kier molecular flexibility index (Phi) is 4.26. The molecule has 54 valence electrons. The van der Waals surface area contributed by atoms with Gasteiger partial charge in [-0.15, -0.1) is 0 Å². The van der Waals surface area contributed by atoms with Gasteiger partial charge in [-0.05, 0) is 13.8 Å². The fraction of sp³-hybridized carbons (Fsp3) is 0.833. The summed E-state index contributed by atoms with van der Waals surface area (Å²) >= 11 is 0. The zero-order valence-corrected chi connectivity index (χ0v) is 5.76. The van der Waals surface area contributed by atoms with Crippen molar-refractivity contribution < 1.29 is 14.6 Å². The van der Waals surface area contributed by atoms with E-state index in [2.05, 4.69) is 0 Å². The summed E-state index contributed by atoms with van der Waals surface area (Å²) in [5.41, 5.74) is 0. The van der Waals surface area contributed by atoms with Crippen LogP contribution < -0.4 is 0 Å². The van der Waals surface area contributed by atoms with Gasteiger partial charge >= 0.3 is 0 Å². The van der Waals surface area contributed by atoms with Crippen LogP contribution in [0.3, 0.4) is 0 Å². The average Bonchev–Trinajstić information content (AvgIpc) is 1.83. The zero-order chi connectivity index (χ0) is 7.28. The molecule has 0 aliphatic heterocycles. The van der Waals surface area contributed by atoms with E-state index in [1.165, 1.54) is 0 Å². The number of aliphatic hydroxyl groups excluding tert-OH is 1. The third-order valence-electron chi connectivity index (χ3n) is 0.754. The SMILES string of the molecule is CC(C)OCC(=O)CO. The van der Waals surface area contributed by atoms with Crippen LogP contribution in [0.4, 0.5) is 0 Å². The number of carbonyl (C=O) groups excluding carboxylic acids is 1. The number of Topliss-reactive ketones (excluding diaryl/α,β-unsaturated/α-hetero) is 1. The van der Waals surface area contributed by atoms with E-state index in [0.717, 1.165) is 0 Å². The number of aliphatic hydroxyl groups is 1. The molecule has 0 aromatic carbocycles. The predicted octanol–water partition coefficient (Wildman–Crippen LogP) is -0.0272. The largest absolute Gasteiger partial charge is 0.388 e. The second-order valence-corrected chi connectivity index (χ2v) is 2.06. The van der Waals surface area contributed by atoms with Gasteiger partial charge in [0.15, 0.2) is 5.78 Å². The summed E-state index contributed by atoms with van der Waals surface area (Å²) in [6.45, 7) is 3.27. The normalized spacial score (nSPS) is 10.2. The van der Waals surface area contributed by atoms with Crippen molar-refractivity contribution in [3.05, 3.63) is 0 Å². The van der Waals surface area contributed by atoms with Crippen molar-refractivity contribution in [2.24, 2.45) is 0 Å². The Morgan fingerprint density at radius 1 is 1.67 bits per heavy atom. The van der Waals surface area contributed by atoms with E-state index in [1.807, 2.05) is 13.8 Å². The molecule has 0 bridgehead atoms. The maximum atomic E-state index is 10.3. The number of carbonyl (C=O) groups is 1. The molecule has 0 aliphatic carbocycles. The van der Waals surface area contributed by atoms with Crippen LogP contribution in [-0.2, 0) is 9.53 Å². The van der Waals surface area contributed by atoms with Crippen molar-refractivity contribution in [2.45, 2.75) is 20.0 Å². The fourth-order valence-electron chi connectivity index (χ4n) is 0.305. The summed E-state index contributed by atoms with van der Waals surface area (Å²) in [5.74, 6) is -0.274. The highest BCUT2D eigenvalue weighted by atomic mass is 16.5. The number of ether oxygens (including phenoxy) is 1. The zero-order valence-electron chi connectivity index (χ0n) is 5.76. The molecule has 0 unspecified atom stereocenters. The van der Waals surface area contributed by atoms with Gasteiger partial charge in [0.2, 0.25) is 0 Å². The number of hydrogen-bond donors (Lipinski definition) is 1. The average molecular weight is 132 g/mol. The van der Waals surface area contributed by atoms with E-state index in [4.69, 9.17) is 9.84 Å². The molecule has 1 N–H and O–H groups in total. The lowest BCUT2D eigenvalue weighted by Gasteiger charge is -2.03.